The summed E-state index contributed by atoms with van der Waals surface area (Å²) in [7, 11) is 0. The third-order valence-corrected chi connectivity index (χ3v) is 4.28. The predicted octanol–water partition coefficient (Wildman–Crippen LogP) is 3.91. The van der Waals surface area contributed by atoms with Gasteiger partial charge in [-0.3, -0.25) is 9.59 Å². The second kappa shape index (κ2) is 6.60. The Bertz CT molecular complexity index is 777. The van der Waals surface area contributed by atoms with Crippen molar-refractivity contribution in [3.63, 3.8) is 0 Å². The molecule has 0 saturated carbocycles. The summed E-state index contributed by atoms with van der Waals surface area (Å²) >= 11 is 12.0. The summed E-state index contributed by atoms with van der Waals surface area (Å²) in [5, 5.41) is 3.87. The maximum absolute atomic E-state index is 12.5. The molecule has 0 saturated heterocycles. The largest absolute Gasteiger partial charge is 0.323 e. The monoisotopic (exact) mass is 348 g/mol. The van der Waals surface area contributed by atoms with E-state index in [1.165, 1.54) is 4.90 Å². The van der Waals surface area contributed by atoms with E-state index in [1.54, 1.807) is 18.2 Å². The van der Waals surface area contributed by atoms with Crippen molar-refractivity contribution in [2.24, 2.45) is 0 Å². The Morgan fingerprint density at radius 2 is 1.96 bits per heavy atom. The smallest absolute Gasteiger partial charge is 0.244 e. The fourth-order valence-electron chi connectivity index (χ4n) is 2.56. The van der Waals surface area contributed by atoms with Crippen molar-refractivity contribution in [2.45, 2.75) is 12.8 Å². The van der Waals surface area contributed by atoms with Crippen LogP contribution in [0.5, 0.6) is 0 Å². The van der Waals surface area contributed by atoms with Gasteiger partial charge in [-0.15, -0.1) is 0 Å². The lowest BCUT2D eigenvalue weighted by molar-refractivity contribution is -0.121. The number of anilines is 2. The van der Waals surface area contributed by atoms with E-state index in [9.17, 15) is 9.59 Å². The zero-order valence-corrected chi connectivity index (χ0v) is 13.7. The number of fused-ring (bicyclic) bond motifs is 1. The number of aryl methyl sites for hydroxylation is 1. The normalized spacial score (nSPS) is 13.5. The fourth-order valence-corrected chi connectivity index (χ4v) is 3.06. The number of carbonyl (C=O) groups is 2. The Hall–Kier alpha value is -2.04. The van der Waals surface area contributed by atoms with Crippen molar-refractivity contribution < 1.29 is 9.59 Å². The summed E-state index contributed by atoms with van der Waals surface area (Å²) in [6.45, 7) is 0.0319. The minimum absolute atomic E-state index is 0.0319. The number of nitrogens with one attached hydrogen (secondary N) is 1. The van der Waals surface area contributed by atoms with E-state index in [0.717, 1.165) is 11.3 Å². The van der Waals surface area contributed by atoms with Gasteiger partial charge in [0.25, 0.3) is 0 Å². The van der Waals surface area contributed by atoms with Crippen LogP contribution in [0.15, 0.2) is 42.5 Å². The molecule has 2 aromatic rings. The van der Waals surface area contributed by atoms with Gasteiger partial charge < -0.3 is 10.2 Å². The van der Waals surface area contributed by atoms with Gasteiger partial charge in [-0.05, 0) is 36.2 Å². The van der Waals surface area contributed by atoms with Crippen LogP contribution in [0.2, 0.25) is 10.0 Å². The quantitative estimate of drug-likeness (QED) is 0.913. The maximum Gasteiger partial charge on any atom is 0.244 e. The van der Waals surface area contributed by atoms with Crippen LogP contribution in [0.3, 0.4) is 0 Å². The third kappa shape index (κ3) is 3.49. The molecule has 1 heterocycles. The molecule has 1 N–H and O–H groups in total. The molecule has 0 aliphatic carbocycles. The van der Waals surface area contributed by atoms with Gasteiger partial charge in [0.05, 0.1) is 11.4 Å². The standard InChI is InChI=1S/C17H14Cl2N2O2/c18-12-7-5-11(13(19)9-12)6-8-17(23)21-10-16(22)20-14-3-1-2-4-15(14)21/h1-5,7,9H,6,8,10H2,(H,20,22). The molecule has 0 aromatic heterocycles. The van der Waals surface area contributed by atoms with Crippen molar-refractivity contribution in [3.05, 3.63) is 58.1 Å². The molecular formula is C17H14Cl2N2O2. The van der Waals surface area contributed by atoms with Crippen molar-refractivity contribution >= 4 is 46.4 Å². The summed E-state index contributed by atoms with van der Waals surface area (Å²) in [5.41, 5.74) is 2.24. The second-order valence-electron chi connectivity index (χ2n) is 5.28. The molecule has 2 amide bonds. The summed E-state index contributed by atoms with van der Waals surface area (Å²) in [5.74, 6) is -0.306. The van der Waals surface area contributed by atoms with Gasteiger partial charge in [-0.2, -0.15) is 0 Å². The van der Waals surface area contributed by atoms with E-state index in [0.29, 0.717) is 22.2 Å². The zero-order chi connectivity index (χ0) is 16.4. The number of rotatable bonds is 3. The van der Waals surface area contributed by atoms with Gasteiger partial charge in [0.15, 0.2) is 0 Å². The van der Waals surface area contributed by atoms with Gasteiger partial charge in [0.1, 0.15) is 6.54 Å². The van der Waals surface area contributed by atoms with E-state index in [2.05, 4.69) is 5.32 Å². The molecule has 0 bridgehead atoms. The van der Waals surface area contributed by atoms with Gasteiger partial charge in [-0.25, -0.2) is 0 Å². The van der Waals surface area contributed by atoms with Crippen molar-refractivity contribution in [3.8, 4) is 0 Å². The number of nitrogens with zero attached hydrogens (tertiary/aromatic N) is 1. The van der Waals surface area contributed by atoms with Crippen LogP contribution < -0.4 is 10.2 Å². The van der Waals surface area contributed by atoms with E-state index in [1.807, 2.05) is 24.3 Å². The highest BCUT2D eigenvalue weighted by Gasteiger charge is 2.26. The van der Waals surface area contributed by atoms with Gasteiger partial charge in [0.2, 0.25) is 11.8 Å². The number of halogens is 2. The molecule has 3 rings (SSSR count). The average Bonchev–Trinajstić information content (AvgIpc) is 2.53. The van der Waals surface area contributed by atoms with E-state index >= 15 is 0 Å². The van der Waals surface area contributed by atoms with Crippen LogP contribution in [0.4, 0.5) is 11.4 Å². The van der Waals surface area contributed by atoms with Crippen LogP contribution in [0, 0.1) is 0 Å². The van der Waals surface area contributed by atoms with Gasteiger partial charge in [-0.1, -0.05) is 41.4 Å². The number of carbonyl (C=O) groups excluding carboxylic acids is 2. The van der Waals surface area contributed by atoms with Crippen LogP contribution in [0.25, 0.3) is 0 Å². The number of benzene rings is 2. The zero-order valence-electron chi connectivity index (χ0n) is 12.2. The lowest BCUT2D eigenvalue weighted by Gasteiger charge is -2.29. The molecule has 0 spiro atoms. The molecule has 1 aliphatic heterocycles. The number of hydrogen-bond acceptors (Lipinski definition) is 2. The molecule has 2 aromatic carbocycles. The summed E-state index contributed by atoms with van der Waals surface area (Å²) in [6.07, 6.45) is 0.762. The summed E-state index contributed by atoms with van der Waals surface area (Å²) in [4.78, 5) is 25.8. The topological polar surface area (TPSA) is 49.4 Å². The highest BCUT2D eigenvalue weighted by molar-refractivity contribution is 6.35. The Labute approximate surface area is 144 Å². The fraction of sp³-hybridized carbons (Fsp3) is 0.176. The van der Waals surface area contributed by atoms with Crippen LogP contribution in [-0.2, 0) is 16.0 Å². The Morgan fingerprint density at radius 1 is 1.17 bits per heavy atom. The molecular weight excluding hydrogens is 335 g/mol. The van der Waals surface area contributed by atoms with Crippen molar-refractivity contribution in [1.82, 2.24) is 0 Å². The molecule has 1 aliphatic rings. The minimum atomic E-state index is -0.193. The van der Waals surface area contributed by atoms with Gasteiger partial charge >= 0.3 is 0 Å². The molecule has 0 atom stereocenters. The molecule has 0 fully saturated rings. The molecule has 118 valence electrons. The Balaban J connectivity index is 1.75. The average molecular weight is 349 g/mol. The Kier molecular flexibility index (Phi) is 4.55. The number of hydrogen-bond donors (Lipinski definition) is 1. The molecule has 6 heteroatoms. The summed E-state index contributed by atoms with van der Waals surface area (Å²) in [6, 6.07) is 12.5. The molecule has 0 radical (unpaired) electrons. The van der Waals surface area contributed by atoms with Crippen LogP contribution in [0.1, 0.15) is 12.0 Å². The first kappa shape index (κ1) is 15.8. The molecule has 23 heavy (non-hydrogen) atoms. The third-order valence-electron chi connectivity index (χ3n) is 3.70. The van der Waals surface area contributed by atoms with Crippen molar-refractivity contribution in [1.29, 1.82) is 0 Å². The summed E-state index contributed by atoms with van der Waals surface area (Å²) < 4.78 is 0. The van der Waals surface area contributed by atoms with Crippen molar-refractivity contribution in [2.75, 3.05) is 16.8 Å². The van der Waals surface area contributed by atoms with E-state index < -0.39 is 0 Å². The lowest BCUT2D eigenvalue weighted by Crippen LogP contribution is -2.42. The first-order valence-corrected chi connectivity index (χ1v) is 7.93. The lowest BCUT2D eigenvalue weighted by atomic mass is 10.1. The minimum Gasteiger partial charge on any atom is -0.323 e. The first-order valence-electron chi connectivity index (χ1n) is 7.18. The number of para-hydroxylation sites is 2. The molecule has 0 unspecified atom stereocenters. The van der Waals surface area contributed by atoms with Gasteiger partial charge in [0, 0.05) is 16.5 Å². The first-order chi connectivity index (χ1) is 11.0. The van der Waals surface area contributed by atoms with Crippen LogP contribution >= 0.6 is 23.2 Å². The Morgan fingerprint density at radius 3 is 2.74 bits per heavy atom. The van der Waals surface area contributed by atoms with E-state index in [-0.39, 0.29) is 24.8 Å². The maximum atomic E-state index is 12.5. The highest BCUT2D eigenvalue weighted by Crippen LogP contribution is 2.30. The predicted molar refractivity (Wildman–Crippen MR) is 92.2 cm³/mol. The number of amides is 2. The molecule has 4 nitrogen and oxygen atoms in total. The second-order valence-corrected chi connectivity index (χ2v) is 6.12. The SMILES string of the molecule is O=C1CN(C(=O)CCc2ccc(Cl)cc2Cl)c2ccccc2N1. The van der Waals surface area contributed by atoms with Crippen LogP contribution in [-0.4, -0.2) is 18.4 Å². The highest BCUT2D eigenvalue weighted by atomic mass is 35.5. The van der Waals surface area contributed by atoms with E-state index in [4.69, 9.17) is 23.2 Å².